The monoisotopic (exact) mass is 225 g/mol. The zero-order valence-corrected chi connectivity index (χ0v) is 10.1. The third-order valence-electron chi connectivity index (χ3n) is 3.78. The van der Waals surface area contributed by atoms with Gasteiger partial charge in [-0.15, -0.1) is 0 Å². The number of anilines is 1. The van der Waals surface area contributed by atoms with Crippen molar-refractivity contribution in [3.05, 3.63) is 53.6 Å². The molecule has 1 heterocycles. The van der Waals surface area contributed by atoms with Gasteiger partial charge in [-0.3, -0.25) is 4.79 Å². The van der Waals surface area contributed by atoms with E-state index in [0.717, 1.165) is 11.3 Å². The minimum atomic E-state index is -0.0140. The van der Waals surface area contributed by atoms with Crippen LogP contribution in [0.25, 0.3) is 0 Å². The molecule has 0 saturated carbocycles. The molecule has 2 atom stereocenters. The van der Waals surface area contributed by atoms with Crippen LogP contribution in [-0.4, -0.2) is 13.0 Å². The van der Waals surface area contributed by atoms with Crippen molar-refractivity contribution in [3.8, 4) is 0 Å². The Bertz CT molecular complexity index is 542. The summed E-state index contributed by atoms with van der Waals surface area (Å²) in [5.41, 5.74) is 3.45. The molecule has 0 bridgehead atoms. The molecule has 1 aliphatic carbocycles. The zero-order valence-electron chi connectivity index (χ0n) is 10.1. The van der Waals surface area contributed by atoms with Gasteiger partial charge in [-0.25, -0.2) is 0 Å². The molecule has 0 unspecified atom stereocenters. The first-order chi connectivity index (χ1) is 8.20. The van der Waals surface area contributed by atoms with Crippen LogP contribution in [0.3, 0.4) is 0 Å². The lowest BCUT2D eigenvalue weighted by molar-refractivity contribution is -0.121. The van der Waals surface area contributed by atoms with Gasteiger partial charge in [0.2, 0.25) is 5.91 Å². The molecular formula is C15H15NO. The Kier molecular flexibility index (Phi) is 2.18. The number of benzene rings is 1. The van der Waals surface area contributed by atoms with Gasteiger partial charge in [-0.1, -0.05) is 42.0 Å². The van der Waals surface area contributed by atoms with Crippen LogP contribution in [0.1, 0.15) is 18.4 Å². The van der Waals surface area contributed by atoms with Crippen molar-refractivity contribution in [2.75, 3.05) is 11.9 Å². The van der Waals surface area contributed by atoms with E-state index >= 15 is 0 Å². The number of nitrogens with zero attached hydrogens (tertiary/aromatic N) is 1. The Balaban J connectivity index is 2.20. The highest BCUT2D eigenvalue weighted by atomic mass is 16.2. The highest BCUT2D eigenvalue weighted by Crippen LogP contribution is 2.43. The Morgan fingerprint density at radius 1 is 1.24 bits per heavy atom. The molecule has 1 aromatic carbocycles. The maximum Gasteiger partial charge on any atom is 0.234 e. The summed E-state index contributed by atoms with van der Waals surface area (Å²) < 4.78 is 0. The largest absolute Gasteiger partial charge is 0.315 e. The fraction of sp³-hybridized carbons (Fsp3) is 0.267. The minimum absolute atomic E-state index is 0.0140. The van der Waals surface area contributed by atoms with E-state index in [9.17, 15) is 4.79 Å². The summed E-state index contributed by atoms with van der Waals surface area (Å²) in [6, 6.07) is 8.17. The summed E-state index contributed by atoms with van der Waals surface area (Å²) in [6.45, 7) is 2.04. The fourth-order valence-corrected chi connectivity index (χ4v) is 2.86. The van der Waals surface area contributed by atoms with Gasteiger partial charge in [0.25, 0.3) is 0 Å². The third kappa shape index (κ3) is 1.37. The first kappa shape index (κ1) is 10.3. The van der Waals surface area contributed by atoms with Crippen LogP contribution in [0.2, 0.25) is 0 Å². The lowest BCUT2D eigenvalue weighted by atomic mass is 9.75. The summed E-state index contributed by atoms with van der Waals surface area (Å²) in [7, 11) is 1.86. The van der Waals surface area contributed by atoms with Gasteiger partial charge in [0.15, 0.2) is 0 Å². The van der Waals surface area contributed by atoms with Crippen LogP contribution in [-0.2, 0) is 4.79 Å². The second-order valence-electron chi connectivity index (χ2n) is 4.76. The van der Waals surface area contributed by atoms with E-state index in [1.807, 2.05) is 38.2 Å². The van der Waals surface area contributed by atoms with Crippen LogP contribution in [0.4, 0.5) is 5.69 Å². The molecule has 1 amide bonds. The van der Waals surface area contributed by atoms with E-state index in [-0.39, 0.29) is 17.7 Å². The number of allylic oxidation sites excluding steroid dienone is 3. The highest BCUT2D eigenvalue weighted by molar-refractivity contribution is 6.00. The normalized spacial score (nSPS) is 26.4. The van der Waals surface area contributed by atoms with Gasteiger partial charge in [-0.05, 0) is 18.6 Å². The number of amides is 1. The average Bonchev–Trinajstić information content (AvgIpc) is 2.36. The van der Waals surface area contributed by atoms with Crippen molar-refractivity contribution in [1.29, 1.82) is 0 Å². The summed E-state index contributed by atoms with van der Waals surface area (Å²) in [6.07, 6.45) is 6.24. The van der Waals surface area contributed by atoms with Gasteiger partial charge in [0.1, 0.15) is 0 Å². The number of carbonyl (C=O) groups is 1. The summed E-state index contributed by atoms with van der Waals surface area (Å²) in [5, 5.41) is 0. The minimum Gasteiger partial charge on any atom is -0.315 e. The molecule has 3 rings (SSSR count). The van der Waals surface area contributed by atoms with E-state index in [0.29, 0.717) is 0 Å². The third-order valence-corrected chi connectivity index (χ3v) is 3.78. The lowest BCUT2D eigenvalue weighted by Crippen LogP contribution is -2.41. The second kappa shape index (κ2) is 3.59. The van der Waals surface area contributed by atoms with E-state index < -0.39 is 0 Å². The molecule has 2 nitrogen and oxygen atoms in total. The predicted octanol–water partition coefficient (Wildman–Crippen LogP) is 2.88. The van der Waals surface area contributed by atoms with E-state index in [1.54, 1.807) is 4.90 Å². The van der Waals surface area contributed by atoms with E-state index in [4.69, 9.17) is 0 Å². The molecule has 0 N–H and O–H groups in total. The number of carbonyl (C=O) groups excluding carboxylic acids is 1. The topological polar surface area (TPSA) is 20.3 Å². The van der Waals surface area contributed by atoms with Crippen molar-refractivity contribution in [2.24, 2.45) is 5.92 Å². The highest BCUT2D eigenvalue weighted by Gasteiger charge is 2.38. The Labute approximate surface area is 101 Å². The average molecular weight is 225 g/mol. The molecular weight excluding hydrogens is 210 g/mol. The number of para-hydroxylation sites is 1. The molecule has 2 heteroatoms. The molecule has 17 heavy (non-hydrogen) atoms. The van der Waals surface area contributed by atoms with E-state index in [2.05, 4.69) is 18.2 Å². The quantitative estimate of drug-likeness (QED) is 0.665. The molecule has 1 aliphatic heterocycles. The molecule has 86 valence electrons. The van der Waals surface area contributed by atoms with Crippen LogP contribution in [0.15, 0.2) is 48.1 Å². The Morgan fingerprint density at radius 3 is 2.82 bits per heavy atom. The van der Waals surface area contributed by atoms with Crippen molar-refractivity contribution < 1.29 is 4.79 Å². The molecule has 2 aliphatic rings. The van der Waals surface area contributed by atoms with Crippen molar-refractivity contribution in [3.63, 3.8) is 0 Å². The number of fused-ring (bicyclic) bond motifs is 3. The first-order valence-corrected chi connectivity index (χ1v) is 5.91. The van der Waals surface area contributed by atoms with Crippen molar-refractivity contribution >= 4 is 11.6 Å². The Hall–Kier alpha value is -1.83. The van der Waals surface area contributed by atoms with Crippen molar-refractivity contribution in [2.45, 2.75) is 12.8 Å². The van der Waals surface area contributed by atoms with E-state index in [1.165, 1.54) is 5.56 Å². The van der Waals surface area contributed by atoms with Crippen LogP contribution in [0.5, 0.6) is 0 Å². The van der Waals surface area contributed by atoms with Crippen LogP contribution < -0.4 is 4.90 Å². The smallest absolute Gasteiger partial charge is 0.234 e. The van der Waals surface area contributed by atoms with Crippen LogP contribution >= 0.6 is 0 Å². The standard InChI is InChI=1S/C15H15NO/c1-10-6-5-8-12-11-7-3-4-9-13(11)16(2)15(17)14(10)12/h3-9,12,14H,1-2H3/t12-,14-/m1/s1. The zero-order chi connectivity index (χ0) is 12.0. The second-order valence-corrected chi connectivity index (χ2v) is 4.76. The van der Waals surface area contributed by atoms with Gasteiger partial charge >= 0.3 is 0 Å². The lowest BCUT2D eigenvalue weighted by Gasteiger charge is -2.38. The predicted molar refractivity (Wildman–Crippen MR) is 69.0 cm³/mol. The van der Waals surface area contributed by atoms with Gasteiger partial charge < -0.3 is 4.90 Å². The Morgan fingerprint density at radius 2 is 2.00 bits per heavy atom. The molecule has 0 spiro atoms. The summed E-state index contributed by atoms with van der Waals surface area (Å²) in [5.74, 6) is 0.395. The van der Waals surface area contributed by atoms with Gasteiger partial charge in [0.05, 0.1) is 5.92 Å². The summed E-state index contributed by atoms with van der Waals surface area (Å²) >= 11 is 0. The van der Waals surface area contributed by atoms with Crippen LogP contribution in [0, 0.1) is 5.92 Å². The molecule has 0 saturated heterocycles. The molecule has 0 fully saturated rings. The molecule has 0 aromatic heterocycles. The molecule has 0 radical (unpaired) electrons. The number of hydrogen-bond acceptors (Lipinski definition) is 1. The van der Waals surface area contributed by atoms with Gasteiger partial charge in [0, 0.05) is 18.7 Å². The first-order valence-electron chi connectivity index (χ1n) is 5.91. The number of rotatable bonds is 0. The maximum atomic E-state index is 12.4. The van der Waals surface area contributed by atoms with Gasteiger partial charge in [-0.2, -0.15) is 0 Å². The molecule has 1 aromatic rings. The fourth-order valence-electron chi connectivity index (χ4n) is 2.86. The summed E-state index contributed by atoms with van der Waals surface area (Å²) in [4.78, 5) is 14.2. The number of hydrogen-bond donors (Lipinski definition) is 0. The SMILES string of the molecule is CC1=CC=C[C@@H]2c3ccccc3N(C)C(=O)[C@H]12. The van der Waals surface area contributed by atoms with Crippen molar-refractivity contribution in [1.82, 2.24) is 0 Å². The maximum absolute atomic E-state index is 12.4.